The first-order valence-corrected chi connectivity index (χ1v) is 7.73. The third kappa shape index (κ3) is 5.07. The number of benzene rings is 1. The summed E-state index contributed by atoms with van der Waals surface area (Å²) in [6.07, 6.45) is 4.97. The average molecular weight is 313 g/mol. The maximum atomic E-state index is 12.2. The lowest BCUT2D eigenvalue weighted by molar-refractivity contribution is -0.120. The van der Waals surface area contributed by atoms with Crippen molar-refractivity contribution in [2.75, 3.05) is 5.32 Å². The summed E-state index contributed by atoms with van der Waals surface area (Å²) in [6.45, 7) is 4.18. The first kappa shape index (κ1) is 17.0. The lowest BCUT2D eigenvalue weighted by Gasteiger charge is -2.23. The maximum Gasteiger partial charge on any atom is 0.244 e. The van der Waals surface area contributed by atoms with E-state index in [4.69, 9.17) is 10.5 Å². The number of nitrogens with one attached hydrogen (secondary N) is 1. The summed E-state index contributed by atoms with van der Waals surface area (Å²) in [6, 6.07) is 11.1. The zero-order valence-corrected chi connectivity index (χ0v) is 13.6. The summed E-state index contributed by atoms with van der Waals surface area (Å²) in [7, 11) is 0. The first-order chi connectivity index (χ1) is 11.0. The van der Waals surface area contributed by atoms with E-state index in [1.807, 2.05) is 37.3 Å². The topological polar surface area (TPSA) is 77.2 Å². The Hall–Kier alpha value is -2.40. The highest BCUT2D eigenvalue weighted by Gasteiger charge is 2.27. The van der Waals surface area contributed by atoms with Gasteiger partial charge in [0.1, 0.15) is 12.4 Å². The van der Waals surface area contributed by atoms with Gasteiger partial charge in [0.2, 0.25) is 5.91 Å². The van der Waals surface area contributed by atoms with E-state index in [9.17, 15) is 4.79 Å². The van der Waals surface area contributed by atoms with Crippen molar-refractivity contribution in [1.82, 2.24) is 4.98 Å². The van der Waals surface area contributed by atoms with Gasteiger partial charge in [-0.25, -0.2) is 0 Å². The molecule has 0 saturated carbocycles. The van der Waals surface area contributed by atoms with E-state index >= 15 is 0 Å². The van der Waals surface area contributed by atoms with Gasteiger partial charge in [-0.15, -0.1) is 0 Å². The Morgan fingerprint density at radius 2 is 2.17 bits per heavy atom. The van der Waals surface area contributed by atoms with Crippen LogP contribution in [0, 0.1) is 0 Å². The summed E-state index contributed by atoms with van der Waals surface area (Å²) >= 11 is 0. The van der Waals surface area contributed by atoms with Gasteiger partial charge < -0.3 is 15.8 Å². The third-order valence-corrected chi connectivity index (χ3v) is 3.51. The van der Waals surface area contributed by atoms with Gasteiger partial charge in [0, 0.05) is 29.7 Å². The van der Waals surface area contributed by atoms with Gasteiger partial charge in [0.05, 0.1) is 5.54 Å². The molecular weight excluding hydrogens is 290 g/mol. The van der Waals surface area contributed by atoms with Crippen LogP contribution in [0.1, 0.15) is 32.3 Å². The zero-order chi connectivity index (χ0) is 16.7. The Balaban J connectivity index is 1.98. The van der Waals surface area contributed by atoms with Crippen LogP contribution in [0.4, 0.5) is 5.69 Å². The number of hydrogen-bond acceptors (Lipinski definition) is 4. The highest BCUT2D eigenvalue weighted by atomic mass is 16.5. The van der Waals surface area contributed by atoms with Crippen LogP contribution in [-0.4, -0.2) is 16.4 Å². The first-order valence-electron chi connectivity index (χ1n) is 7.73. The second-order valence-corrected chi connectivity index (χ2v) is 5.80. The third-order valence-electron chi connectivity index (χ3n) is 3.51. The van der Waals surface area contributed by atoms with Gasteiger partial charge in [0.25, 0.3) is 0 Å². The molecule has 0 radical (unpaired) electrons. The van der Waals surface area contributed by atoms with Crippen LogP contribution in [0.3, 0.4) is 0 Å². The molecule has 1 unspecified atom stereocenters. The van der Waals surface area contributed by atoms with Gasteiger partial charge in [0.15, 0.2) is 0 Å². The molecule has 0 aliphatic rings. The molecule has 5 nitrogen and oxygen atoms in total. The van der Waals surface area contributed by atoms with Crippen LogP contribution in [0.15, 0.2) is 48.8 Å². The van der Waals surface area contributed by atoms with Crippen LogP contribution < -0.4 is 15.8 Å². The van der Waals surface area contributed by atoms with Crippen LogP contribution in [0.25, 0.3) is 0 Å². The highest BCUT2D eigenvalue weighted by Crippen LogP contribution is 2.20. The number of amides is 1. The highest BCUT2D eigenvalue weighted by molar-refractivity contribution is 5.97. The molecule has 23 heavy (non-hydrogen) atoms. The van der Waals surface area contributed by atoms with E-state index in [1.165, 1.54) is 0 Å². The minimum Gasteiger partial charge on any atom is -0.489 e. The molecule has 1 aromatic carbocycles. The van der Waals surface area contributed by atoms with Crippen molar-refractivity contribution < 1.29 is 9.53 Å². The minimum atomic E-state index is -0.874. The molecule has 0 saturated heterocycles. The van der Waals surface area contributed by atoms with Crippen LogP contribution in [0.2, 0.25) is 0 Å². The van der Waals surface area contributed by atoms with Gasteiger partial charge in [-0.2, -0.15) is 0 Å². The molecule has 1 aromatic heterocycles. The smallest absolute Gasteiger partial charge is 0.244 e. The fourth-order valence-corrected chi connectivity index (χ4v) is 2.22. The number of ether oxygens (including phenoxy) is 1. The number of hydrogen-bond donors (Lipinski definition) is 2. The van der Waals surface area contributed by atoms with Crippen molar-refractivity contribution >= 4 is 11.6 Å². The molecule has 2 rings (SSSR count). The lowest BCUT2D eigenvalue weighted by Crippen LogP contribution is -2.48. The van der Waals surface area contributed by atoms with E-state index in [2.05, 4.69) is 10.3 Å². The Kier molecular flexibility index (Phi) is 5.71. The number of nitrogens with two attached hydrogens (primary N) is 1. The predicted octanol–water partition coefficient (Wildman–Crippen LogP) is 3.12. The quantitative estimate of drug-likeness (QED) is 0.823. The Labute approximate surface area is 136 Å². The maximum absolute atomic E-state index is 12.2. The standard InChI is InChI=1S/C18H23N3O2/c1-3-9-18(2,19)17(22)21-15-7-4-8-16(11-15)23-13-14-6-5-10-20-12-14/h4-8,10-12H,3,9,13,19H2,1-2H3,(H,21,22). The van der Waals surface area contributed by atoms with Crippen molar-refractivity contribution in [3.8, 4) is 5.75 Å². The molecule has 5 heteroatoms. The zero-order valence-electron chi connectivity index (χ0n) is 13.6. The van der Waals surface area contributed by atoms with Gasteiger partial charge >= 0.3 is 0 Å². The molecule has 0 fully saturated rings. The van der Waals surface area contributed by atoms with Gasteiger partial charge in [-0.1, -0.05) is 25.5 Å². The second-order valence-electron chi connectivity index (χ2n) is 5.80. The molecular formula is C18H23N3O2. The van der Waals surface area contributed by atoms with Crippen LogP contribution in [0.5, 0.6) is 5.75 Å². The van der Waals surface area contributed by atoms with E-state index in [-0.39, 0.29) is 5.91 Å². The summed E-state index contributed by atoms with van der Waals surface area (Å²) in [5, 5.41) is 2.85. The molecule has 1 amide bonds. The fraction of sp³-hybridized carbons (Fsp3) is 0.333. The lowest BCUT2D eigenvalue weighted by atomic mass is 9.96. The number of carbonyl (C=O) groups excluding carboxylic acids is 1. The largest absolute Gasteiger partial charge is 0.489 e. The van der Waals surface area contributed by atoms with E-state index in [0.29, 0.717) is 24.5 Å². The molecule has 2 aromatic rings. The molecule has 0 aliphatic carbocycles. The number of carbonyl (C=O) groups is 1. The van der Waals surface area contributed by atoms with Crippen LogP contribution >= 0.6 is 0 Å². The summed E-state index contributed by atoms with van der Waals surface area (Å²) in [4.78, 5) is 16.3. The van der Waals surface area contributed by atoms with Crippen LogP contribution in [-0.2, 0) is 11.4 Å². The number of rotatable bonds is 7. The summed E-state index contributed by atoms with van der Waals surface area (Å²) < 4.78 is 5.72. The van der Waals surface area contributed by atoms with E-state index in [1.54, 1.807) is 25.4 Å². The molecule has 3 N–H and O–H groups in total. The Morgan fingerprint density at radius 1 is 1.35 bits per heavy atom. The van der Waals surface area contributed by atoms with Crippen molar-refractivity contribution in [1.29, 1.82) is 0 Å². The minimum absolute atomic E-state index is 0.191. The summed E-state index contributed by atoms with van der Waals surface area (Å²) in [5.41, 5.74) is 6.83. The predicted molar refractivity (Wildman–Crippen MR) is 91.1 cm³/mol. The number of aromatic nitrogens is 1. The molecule has 0 aliphatic heterocycles. The monoisotopic (exact) mass is 313 g/mol. The SMILES string of the molecule is CCCC(C)(N)C(=O)Nc1cccc(OCc2cccnc2)c1. The van der Waals surface area contributed by atoms with Crippen molar-refractivity contribution in [3.05, 3.63) is 54.4 Å². The fourth-order valence-electron chi connectivity index (χ4n) is 2.22. The van der Waals surface area contributed by atoms with E-state index < -0.39 is 5.54 Å². The molecule has 122 valence electrons. The molecule has 1 heterocycles. The molecule has 1 atom stereocenters. The normalized spacial score (nSPS) is 13.2. The van der Waals surface area contributed by atoms with Gasteiger partial charge in [-0.3, -0.25) is 9.78 Å². The molecule has 0 spiro atoms. The number of pyridine rings is 1. The molecule has 0 bridgehead atoms. The van der Waals surface area contributed by atoms with E-state index in [0.717, 1.165) is 12.0 Å². The summed E-state index contributed by atoms with van der Waals surface area (Å²) in [5.74, 6) is 0.490. The van der Waals surface area contributed by atoms with Crippen molar-refractivity contribution in [3.63, 3.8) is 0 Å². The Bertz CT molecular complexity index is 642. The second kappa shape index (κ2) is 7.74. The number of anilines is 1. The Morgan fingerprint density at radius 3 is 2.87 bits per heavy atom. The number of nitrogens with zero attached hydrogens (tertiary/aromatic N) is 1. The van der Waals surface area contributed by atoms with Crippen molar-refractivity contribution in [2.45, 2.75) is 38.8 Å². The van der Waals surface area contributed by atoms with Crippen molar-refractivity contribution in [2.24, 2.45) is 5.73 Å². The van der Waals surface area contributed by atoms with Gasteiger partial charge in [-0.05, 0) is 31.5 Å². The average Bonchev–Trinajstić information content (AvgIpc) is 2.54.